The molecule has 0 bridgehead atoms. The summed E-state index contributed by atoms with van der Waals surface area (Å²) in [5.74, 6) is 0. The van der Waals surface area contributed by atoms with Gasteiger partial charge in [-0.25, -0.2) is 4.98 Å². The Hall–Kier alpha value is -1.42. The maximum Gasteiger partial charge on any atom is 0.263 e. The number of aromatic nitrogens is 3. The van der Waals surface area contributed by atoms with Gasteiger partial charge in [0.15, 0.2) is 5.65 Å². The third-order valence-electron chi connectivity index (χ3n) is 1.80. The van der Waals surface area contributed by atoms with Crippen LogP contribution in [0.3, 0.4) is 0 Å². The van der Waals surface area contributed by atoms with Gasteiger partial charge in [-0.2, -0.15) is 4.98 Å². The number of rotatable bonds is 0. The number of hydrogen-bond acceptors (Lipinski definition) is 3. The van der Waals surface area contributed by atoms with E-state index in [-0.39, 0.29) is 10.8 Å². The van der Waals surface area contributed by atoms with Crippen molar-refractivity contribution in [3.05, 3.63) is 34.0 Å². The molecule has 0 N–H and O–H groups in total. The van der Waals surface area contributed by atoms with Gasteiger partial charge in [0.25, 0.3) is 5.56 Å². The highest BCUT2D eigenvalue weighted by molar-refractivity contribution is 6.28. The van der Waals surface area contributed by atoms with Crippen LogP contribution < -0.4 is 5.56 Å². The van der Waals surface area contributed by atoms with Crippen LogP contribution in [0.2, 0.25) is 5.28 Å². The summed E-state index contributed by atoms with van der Waals surface area (Å²) in [5, 5.41) is 0.630. The topological polar surface area (TPSA) is 47.8 Å². The van der Waals surface area contributed by atoms with Crippen LogP contribution in [0.1, 0.15) is 0 Å². The van der Waals surface area contributed by atoms with Gasteiger partial charge in [0.1, 0.15) is 0 Å². The summed E-state index contributed by atoms with van der Waals surface area (Å²) < 4.78 is 1.28. The normalized spacial score (nSPS) is 10.6. The lowest BCUT2D eigenvalue weighted by Crippen LogP contribution is -2.18. The van der Waals surface area contributed by atoms with E-state index in [1.807, 2.05) is 0 Å². The molecule has 0 aliphatic rings. The molecule has 66 valence electrons. The fourth-order valence-electron chi connectivity index (χ4n) is 1.08. The molecule has 0 fully saturated rings. The van der Waals surface area contributed by atoms with E-state index >= 15 is 0 Å². The zero-order valence-electron chi connectivity index (χ0n) is 6.86. The van der Waals surface area contributed by atoms with Crippen molar-refractivity contribution in [1.29, 1.82) is 0 Å². The minimum atomic E-state index is -0.178. The molecule has 13 heavy (non-hydrogen) atoms. The van der Waals surface area contributed by atoms with E-state index in [1.165, 1.54) is 4.57 Å². The van der Waals surface area contributed by atoms with Crippen molar-refractivity contribution in [3.63, 3.8) is 0 Å². The molecule has 0 spiro atoms. The smallest absolute Gasteiger partial charge is 0.263 e. The molecule has 0 saturated carbocycles. The largest absolute Gasteiger partial charge is 0.286 e. The van der Waals surface area contributed by atoms with E-state index in [1.54, 1.807) is 25.4 Å². The molecule has 0 radical (unpaired) electrons. The van der Waals surface area contributed by atoms with Gasteiger partial charge in [-0.05, 0) is 23.7 Å². The Balaban J connectivity index is 3.03. The first-order valence-corrected chi connectivity index (χ1v) is 4.05. The number of hydrogen-bond donors (Lipinski definition) is 0. The molecule has 0 amide bonds. The van der Waals surface area contributed by atoms with Crippen LogP contribution in [0.5, 0.6) is 0 Å². The highest BCUT2D eigenvalue weighted by Gasteiger charge is 2.05. The van der Waals surface area contributed by atoms with Crippen LogP contribution in [0, 0.1) is 0 Å². The fourth-order valence-corrected chi connectivity index (χ4v) is 1.24. The van der Waals surface area contributed by atoms with Crippen molar-refractivity contribution in [2.45, 2.75) is 0 Å². The van der Waals surface area contributed by atoms with Crippen molar-refractivity contribution >= 4 is 22.6 Å². The van der Waals surface area contributed by atoms with Gasteiger partial charge in [-0.1, -0.05) is 0 Å². The molecule has 0 unspecified atom stereocenters. The van der Waals surface area contributed by atoms with E-state index in [4.69, 9.17) is 11.6 Å². The second-order valence-electron chi connectivity index (χ2n) is 2.62. The van der Waals surface area contributed by atoms with Crippen molar-refractivity contribution in [3.8, 4) is 0 Å². The summed E-state index contributed by atoms with van der Waals surface area (Å²) in [7, 11) is 1.57. The van der Waals surface area contributed by atoms with E-state index in [0.29, 0.717) is 11.0 Å². The predicted octanol–water partition coefficient (Wildman–Crippen LogP) is 0.982. The average molecular weight is 196 g/mol. The van der Waals surface area contributed by atoms with Crippen molar-refractivity contribution in [2.24, 2.45) is 7.05 Å². The minimum Gasteiger partial charge on any atom is -0.286 e. The highest BCUT2D eigenvalue weighted by atomic mass is 35.5. The Labute approximate surface area is 78.8 Å². The lowest BCUT2D eigenvalue weighted by molar-refractivity contribution is 0.841. The Morgan fingerprint density at radius 3 is 3.08 bits per heavy atom. The Morgan fingerprint density at radius 2 is 2.31 bits per heavy atom. The van der Waals surface area contributed by atoms with Gasteiger partial charge in [-0.15, -0.1) is 0 Å². The first-order valence-electron chi connectivity index (χ1n) is 3.67. The van der Waals surface area contributed by atoms with Crippen LogP contribution in [0.15, 0.2) is 23.1 Å². The Kier molecular flexibility index (Phi) is 1.77. The van der Waals surface area contributed by atoms with Crippen LogP contribution in [-0.2, 0) is 7.05 Å². The zero-order valence-corrected chi connectivity index (χ0v) is 7.62. The minimum absolute atomic E-state index is 0.149. The number of halogens is 1. The first-order chi connectivity index (χ1) is 6.20. The molecule has 0 saturated heterocycles. The van der Waals surface area contributed by atoms with Gasteiger partial charge in [0.05, 0.1) is 5.39 Å². The molecule has 2 rings (SSSR count). The van der Waals surface area contributed by atoms with Crippen LogP contribution in [-0.4, -0.2) is 14.5 Å². The van der Waals surface area contributed by atoms with Crippen molar-refractivity contribution in [2.75, 3.05) is 0 Å². The molecule has 4 nitrogen and oxygen atoms in total. The summed E-state index contributed by atoms with van der Waals surface area (Å²) in [6.45, 7) is 0. The molecular formula is C8H6ClN3O. The summed E-state index contributed by atoms with van der Waals surface area (Å²) in [5.41, 5.74) is 0.207. The second-order valence-corrected chi connectivity index (χ2v) is 2.96. The highest BCUT2D eigenvalue weighted by Crippen LogP contribution is 2.06. The molecule has 0 aliphatic heterocycles. The Bertz CT molecular complexity index is 520. The lowest BCUT2D eigenvalue weighted by atomic mass is 10.3. The molecule has 2 aromatic heterocycles. The lowest BCUT2D eigenvalue weighted by Gasteiger charge is -2.01. The van der Waals surface area contributed by atoms with Crippen LogP contribution in [0.4, 0.5) is 0 Å². The molecule has 0 aliphatic carbocycles. The molecule has 0 atom stereocenters. The fraction of sp³-hybridized carbons (Fsp3) is 0.125. The number of nitrogens with zero attached hydrogens (tertiary/aromatic N) is 3. The molecule has 5 heteroatoms. The van der Waals surface area contributed by atoms with Crippen molar-refractivity contribution < 1.29 is 0 Å². The monoisotopic (exact) mass is 195 g/mol. The average Bonchev–Trinajstić information content (AvgIpc) is 2.15. The van der Waals surface area contributed by atoms with E-state index in [0.717, 1.165) is 0 Å². The Morgan fingerprint density at radius 1 is 1.54 bits per heavy atom. The zero-order chi connectivity index (χ0) is 9.42. The molecule has 0 aromatic carbocycles. The summed E-state index contributed by atoms with van der Waals surface area (Å²) in [6, 6.07) is 3.37. The van der Waals surface area contributed by atoms with Gasteiger partial charge in [0, 0.05) is 13.2 Å². The number of fused-ring (bicyclic) bond motifs is 1. The quantitative estimate of drug-likeness (QED) is 0.589. The molecular weight excluding hydrogens is 190 g/mol. The first kappa shape index (κ1) is 8.19. The van der Waals surface area contributed by atoms with Gasteiger partial charge < -0.3 is 0 Å². The van der Waals surface area contributed by atoms with Gasteiger partial charge in [0.2, 0.25) is 5.28 Å². The SMILES string of the molecule is Cn1c(Cl)nc2ncccc2c1=O. The number of pyridine rings is 1. The summed E-state index contributed by atoms with van der Waals surface area (Å²) in [6.07, 6.45) is 1.57. The van der Waals surface area contributed by atoms with E-state index < -0.39 is 0 Å². The van der Waals surface area contributed by atoms with Gasteiger partial charge in [-0.3, -0.25) is 9.36 Å². The maximum atomic E-state index is 11.5. The van der Waals surface area contributed by atoms with Gasteiger partial charge >= 0.3 is 0 Å². The van der Waals surface area contributed by atoms with E-state index in [9.17, 15) is 4.79 Å². The van der Waals surface area contributed by atoms with Crippen LogP contribution >= 0.6 is 11.6 Å². The summed E-state index contributed by atoms with van der Waals surface area (Å²) in [4.78, 5) is 19.4. The van der Waals surface area contributed by atoms with Crippen LogP contribution in [0.25, 0.3) is 11.0 Å². The third kappa shape index (κ3) is 1.19. The molecule has 2 heterocycles. The van der Waals surface area contributed by atoms with Crippen molar-refractivity contribution in [1.82, 2.24) is 14.5 Å². The van der Waals surface area contributed by atoms with E-state index in [2.05, 4.69) is 9.97 Å². The maximum absolute atomic E-state index is 11.5. The predicted molar refractivity (Wildman–Crippen MR) is 49.8 cm³/mol. The summed E-state index contributed by atoms with van der Waals surface area (Å²) >= 11 is 5.70. The standard InChI is InChI=1S/C8H6ClN3O/c1-12-7(13)5-3-2-4-10-6(5)11-8(12)9/h2-4H,1H3. The second kappa shape index (κ2) is 2.81. The molecule has 2 aromatic rings. The third-order valence-corrected chi connectivity index (χ3v) is 2.13.